The van der Waals surface area contributed by atoms with Gasteiger partial charge in [0.25, 0.3) is 5.91 Å². The molecule has 0 spiro atoms. The van der Waals surface area contributed by atoms with Gasteiger partial charge in [0.2, 0.25) is 0 Å². The van der Waals surface area contributed by atoms with Crippen LogP contribution in [0.25, 0.3) is 6.08 Å². The molecular formula is C19H16BrIN2O3. The third-order valence-electron chi connectivity index (χ3n) is 3.29. The molecule has 0 atom stereocenters. The number of amides is 1. The number of carbonyl (C=O) groups is 1. The fourth-order valence-electron chi connectivity index (χ4n) is 2.21. The van der Waals surface area contributed by atoms with Crippen LogP contribution in [-0.4, -0.2) is 19.6 Å². The second-order valence-corrected chi connectivity index (χ2v) is 7.18. The van der Waals surface area contributed by atoms with Crippen molar-refractivity contribution in [2.45, 2.75) is 6.92 Å². The van der Waals surface area contributed by atoms with Crippen molar-refractivity contribution in [1.29, 1.82) is 5.26 Å². The van der Waals surface area contributed by atoms with E-state index in [1.165, 1.54) is 6.08 Å². The molecule has 1 N–H and O–H groups in total. The molecule has 0 aliphatic rings. The molecule has 5 nitrogen and oxygen atoms in total. The summed E-state index contributed by atoms with van der Waals surface area (Å²) >= 11 is 5.47. The van der Waals surface area contributed by atoms with Gasteiger partial charge in [0.05, 0.1) is 17.3 Å². The van der Waals surface area contributed by atoms with E-state index < -0.39 is 5.91 Å². The van der Waals surface area contributed by atoms with Crippen molar-refractivity contribution >= 4 is 56.2 Å². The molecule has 26 heavy (non-hydrogen) atoms. The first-order valence-corrected chi connectivity index (χ1v) is 9.54. The van der Waals surface area contributed by atoms with Crippen LogP contribution < -0.4 is 14.8 Å². The van der Waals surface area contributed by atoms with Crippen LogP contribution in [0.3, 0.4) is 0 Å². The summed E-state index contributed by atoms with van der Waals surface area (Å²) in [7, 11) is 1.57. The molecule has 0 aliphatic carbocycles. The van der Waals surface area contributed by atoms with Crippen LogP contribution in [-0.2, 0) is 4.79 Å². The molecule has 0 aromatic heterocycles. The van der Waals surface area contributed by atoms with Crippen LogP contribution in [0.1, 0.15) is 12.5 Å². The Morgan fingerprint density at radius 3 is 2.77 bits per heavy atom. The van der Waals surface area contributed by atoms with Crippen molar-refractivity contribution < 1.29 is 14.3 Å². The minimum atomic E-state index is -0.477. The average Bonchev–Trinajstić information content (AvgIpc) is 2.59. The predicted octanol–water partition coefficient (Wildman–Crippen LogP) is 5.01. The molecule has 2 aromatic rings. The Morgan fingerprint density at radius 2 is 2.15 bits per heavy atom. The lowest BCUT2D eigenvalue weighted by atomic mass is 10.1. The van der Waals surface area contributed by atoms with Crippen LogP contribution in [0.4, 0.5) is 5.69 Å². The largest absolute Gasteiger partial charge is 0.492 e. The molecule has 134 valence electrons. The standard InChI is InChI=1S/C19H16BrIN2O3/c1-3-26-17-9-12(8-16(21)18(17)25-2)7-13(11-22)19(24)23-15-6-4-5-14(20)10-15/h4-10H,3H2,1-2H3,(H,23,24)/b13-7-. The van der Waals surface area contributed by atoms with E-state index in [2.05, 4.69) is 43.8 Å². The number of ether oxygens (including phenoxy) is 2. The zero-order chi connectivity index (χ0) is 19.1. The number of nitrogens with one attached hydrogen (secondary N) is 1. The second kappa shape index (κ2) is 9.59. The topological polar surface area (TPSA) is 71.3 Å². The summed E-state index contributed by atoms with van der Waals surface area (Å²) in [5.74, 6) is 0.717. The third kappa shape index (κ3) is 5.22. The van der Waals surface area contributed by atoms with E-state index in [9.17, 15) is 10.1 Å². The Balaban J connectivity index is 2.33. The van der Waals surface area contributed by atoms with Crippen LogP contribution in [0.2, 0.25) is 0 Å². The van der Waals surface area contributed by atoms with E-state index in [0.717, 1.165) is 8.04 Å². The van der Waals surface area contributed by atoms with E-state index in [4.69, 9.17) is 9.47 Å². The van der Waals surface area contributed by atoms with E-state index in [0.29, 0.717) is 29.4 Å². The van der Waals surface area contributed by atoms with Gasteiger partial charge in [0.1, 0.15) is 11.6 Å². The molecule has 2 aromatic carbocycles. The minimum Gasteiger partial charge on any atom is -0.492 e. The van der Waals surface area contributed by atoms with E-state index in [1.807, 2.05) is 25.1 Å². The normalized spacial score (nSPS) is 10.8. The number of rotatable bonds is 6. The maximum Gasteiger partial charge on any atom is 0.266 e. The molecule has 1 amide bonds. The Labute approximate surface area is 174 Å². The van der Waals surface area contributed by atoms with Gasteiger partial charge in [-0.25, -0.2) is 0 Å². The lowest BCUT2D eigenvalue weighted by molar-refractivity contribution is -0.112. The maximum atomic E-state index is 12.4. The maximum absolute atomic E-state index is 12.4. The number of hydrogen-bond acceptors (Lipinski definition) is 4. The molecule has 0 fully saturated rings. The quantitative estimate of drug-likeness (QED) is 0.326. The highest BCUT2D eigenvalue weighted by Gasteiger charge is 2.13. The summed E-state index contributed by atoms with van der Waals surface area (Å²) in [6, 6.07) is 12.7. The first-order valence-electron chi connectivity index (χ1n) is 7.67. The predicted molar refractivity (Wildman–Crippen MR) is 113 cm³/mol. The van der Waals surface area contributed by atoms with Gasteiger partial charge in [-0.05, 0) is 71.5 Å². The fraction of sp³-hybridized carbons (Fsp3) is 0.158. The van der Waals surface area contributed by atoms with Crippen molar-refractivity contribution in [2.75, 3.05) is 19.0 Å². The van der Waals surface area contributed by atoms with Crippen LogP contribution in [0, 0.1) is 14.9 Å². The molecule has 0 heterocycles. The van der Waals surface area contributed by atoms with Gasteiger partial charge in [0.15, 0.2) is 11.5 Å². The molecular weight excluding hydrogens is 511 g/mol. The molecule has 0 unspecified atom stereocenters. The van der Waals surface area contributed by atoms with Gasteiger partial charge in [-0.3, -0.25) is 4.79 Å². The Morgan fingerprint density at radius 1 is 1.38 bits per heavy atom. The first kappa shape index (κ1) is 20.3. The summed E-state index contributed by atoms with van der Waals surface area (Å²) in [4.78, 5) is 12.4. The summed E-state index contributed by atoms with van der Waals surface area (Å²) < 4.78 is 12.6. The van der Waals surface area contributed by atoms with Gasteiger partial charge in [-0.2, -0.15) is 5.26 Å². The van der Waals surface area contributed by atoms with E-state index in [1.54, 1.807) is 31.4 Å². The summed E-state index contributed by atoms with van der Waals surface area (Å²) in [5.41, 5.74) is 1.28. The number of anilines is 1. The number of halogens is 2. The SMILES string of the molecule is CCOc1cc(/C=C(/C#N)C(=O)Nc2cccc(Br)c2)cc(I)c1OC. The van der Waals surface area contributed by atoms with Crippen molar-refractivity contribution in [3.05, 3.63) is 55.6 Å². The van der Waals surface area contributed by atoms with Crippen molar-refractivity contribution in [1.82, 2.24) is 0 Å². The highest BCUT2D eigenvalue weighted by molar-refractivity contribution is 14.1. The smallest absolute Gasteiger partial charge is 0.266 e. The molecule has 0 radical (unpaired) electrons. The Bertz CT molecular complexity index is 891. The lowest BCUT2D eigenvalue weighted by Gasteiger charge is -2.12. The van der Waals surface area contributed by atoms with Crippen LogP contribution in [0.5, 0.6) is 11.5 Å². The number of carbonyl (C=O) groups excluding carboxylic acids is 1. The Hall–Kier alpha value is -2.05. The highest BCUT2D eigenvalue weighted by Crippen LogP contribution is 2.34. The monoisotopic (exact) mass is 526 g/mol. The van der Waals surface area contributed by atoms with E-state index in [-0.39, 0.29) is 5.57 Å². The number of methoxy groups -OCH3 is 1. The number of nitriles is 1. The number of hydrogen-bond donors (Lipinski definition) is 1. The van der Waals surface area contributed by atoms with Crippen molar-refractivity contribution in [3.8, 4) is 17.6 Å². The second-order valence-electron chi connectivity index (χ2n) is 5.10. The highest BCUT2D eigenvalue weighted by atomic mass is 127. The average molecular weight is 527 g/mol. The van der Waals surface area contributed by atoms with Crippen molar-refractivity contribution in [3.63, 3.8) is 0 Å². The van der Waals surface area contributed by atoms with Gasteiger partial charge in [-0.15, -0.1) is 0 Å². The summed E-state index contributed by atoms with van der Waals surface area (Å²) in [6.45, 7) is 2.36. The lowest BCUT2D eigenvalue weighted by Crippen LogP contribution is -2.13. The van der Waals surface area contributed by atoms with Gasteiger partial charge < -0.3 is 14.8 Å². The molecule has 2 rings (SSSR count). The van der Waals surface area contributed by atoms with Crippen molar-refractivity contribution in [2.24, 2.45) is 0 Å². The summed E-state index contributed by atoms with van der Waals surface area (Å²) in [6.07, 6.45) is 1.53. The van der Waals surface area contributed by atoms with Crippen LogP contribution >= 0.6 is 38.5 Å². The summed E-state index contributed by atoms with van der Waals surface area (Å²) in [5, 5.41) is 12.1. The molecule has 7 heteroatoms. The Kier molecular flexibility index (Phi) is 7.48. The van der Waals surface area contributed by atoms with E-state index >= 15 is 0 Å². The molecule has 0 bridgehead atoms. The first-order chi connectivity index (χ1) is 12.5. The zero-order valence-electron chi connectivity index (χ0n) is 14.2. The van der Waals surface area contributed by atoms with Gasteiger partial charge in [0, 0.05) is 10.2 Å². The molecule has 0 saturated carbocycles. The fourth-order valence-corrected chi connectivity index (χ4v) is 3.46. The zero-order valence-corrected chi connectivity index (χ0v) is 17.9. The van der Waals surface area contributed by atoms with Crippen LogP contribution in [0.15, 0.2) is 46.4 Å². The molecule has 0 aliphatic heterocycles. The van der Waals surface area contributed by atoms with Gasteiger partial charge >= 0.3 is 0 Å². The molecule has 0 saturated heterocycles. The number of nitrogens with zero attached hydrogens (tertiary/aromatic N) is 1. The third-order valence-corrected chi connectivity index (χ3v) is 4.59. The minimum absolute atomic E-state index is 0.00612. The van der Waals surface area contributed by atoms with Gasteiger partial charge in [-0.1, -0.05) is 22.0 Å². The number of benzene rings is 2.